The smallest absolute Gasteiger partial charge is 0.415 e. The zero-order valence-corrected chi connectivity index (χ0v) is 28.9. The number of fused-ring (bicyclic) bond motifs is 3. The monoisotopic (exact) mass is 725 g/mol. The van der Waals surface area contributed by atoms with Crippen molar-refractivity contribution in [1.29, 1.82) is 0 Å². The van der Waals surface area contributed by atoms with E-state index in [9.17, 15) is 14.0 Å². The molecule has 0 radical (unpaired) electrons. The van der Waals surface area contributed by atoms with E-state index in [0.717, 1.165) is 43.0 Å². The number of hydrogen-bond acceptors (Lipinski definition) is 8. The van der Waals surface area contributed by atoms with Crippen molar-refractivity contribution < 1.29 is 37.3 Å². The summed E-state index contributed by atoms with van der Waals surface area (Å²) in [5, 5.41) is 0.634. The lowest BCUT2D eigenvalue weighted by atomic mass is 9.86. The van der Waals surface area contributed by atoms with Crippen LogP contribution in [0.25, 0.3) is 0 Å². The zero-order chi connectivity index (χ0) is 35.4. The highest BCUT2D eigenvalue weighted by molar-refractivity contribution is 6.35. The number of nitrogens with zero attached hydrogens (tertiary/aromatic N) is 3. The second-order valence-corrected chi connectivity index (χ2v) is 13.0. The molecule has 0 N–H and O–H groups in total. The van der Waals surface area contributed by atoms with E-state index in [4.69, 9.17) is 42.1 Å². The maximum absolute atomic E-state index is 15.0. The average Bonchev–Trinajstić information content (AvgIpc) is 3.12. The van der Waals surface area contributed by atoms with Gasteiger partial charge in [0.25, 0.3) is 0 Å². The second-order valence-electron chi connectivity index (χ2n) is 12.2. The molecule has 2 atom stereocenters. The maximum Gasteiger partial charge on any atom is 0.415 e. The number of pyridine rings is 1. The van der Waals surface area contributed by atoms with Gasteiger partial charge in [-0.05, 0) is 84.9 Å². The van der Waals surface area contributed by atoms with E-state index in [1.165, 1.54) is 32.7 Å². The molecule has 9 nitrogen and oxygen atoms in total. The Morgan fingerprint density at radius 2 is 1.64 bits per heavy atom. The van der Waals surface area contributed by atoms with Crippen LogP contribution < -0.4 is 14.4 Å². The summed E-state index contributed by atoms with van der Waals surface area (Å²) in [6, 6.07) is 14.6. The van der Waals surface area contributed by atoms with Crippen LogP contribution in [0.2, 0.25) is 10.0 Å². The normalized spacial score (nSPS) is 18.6. The van der Waals surface area contributed by atoms with Gasteiger partial charge in [0, 0.05) is 31.4 Å². The Hall–Kier alpha value is -4.45. The first-order valence-corrected chi connectivity index (χ1v) is 16.8. The van der Waals surface area contributed by atoms with Gasteiger partial charge in [-0.15, -0.1) is 0 Å². The third kappa shape index (κ3) is 7.96. The fraction of sp³-hybridized carbons (Fsp3) is 0.324. The van der Waals surface area contributed by atoms with Crippen LogP contribution in [0.1, 0.15) is 46.0 Å². The molecule has 0 saturated carbocycles. The molecule has 50 heavy (non-hydrogen) atoms. The van der Waals surface area contributed by atoms with Crippen molar-refractivity contribution in [3.05, 3.63) is 117 Å². The number of aromatic nitrogens is 1. The van der Waals surface area contributed by atoms with Crippen LogP contribution in [0.4, 0.5) is 19.3 Å². The summed E-state index contributed by atoms with van der Waals surface area (Å²) in [6.45, 7) is 2.45. The van der Waals surface area contributed by atoms with E-state index in [2.05, 4.69) is 9.88 Å². The molecule has 1 amide bonds. The van der Waals surface area contributed by atoms with Crippen LogP contribution in [-0.2, 0) is 22.4 Å². The minimum atomic E-state index is -0.897. The number of methoxy groups -OCH3 is 2. The molecule has 4 aromatic rings. The first-order chi connectivity index (χ1) is 24.1. The summed E-state index contributed by atoms with van der Waals surface area (Å²) < 4.78 is 51.6. The Morgan fingerprint density at radius 3 is 2.26 bits per heavy atom. The third-order valence-electron chi connectivity index (χ3n) is 9.17. The number of hydrogen-bond donors (Lipinski definition) is 0. The van der Waals surface area contributed by atoms with Crippen molar-refractivity contribution in [2.45, 2.75) is 38.0 Å². The first-order valence-electron chi connectivity index (χ1n) is 16.1. The van der Waals surface area contributed by atoms with Gasteiger partial charge in [0.1, 0.15) is 23.8 Å². The summed E-state index contributed by atoms with van der Waals surface area (Å²) in [4.78, 5) is 34.5. The van der Waals surface area contributed by atoms with Crippen LogP contribution >= 0.6 is 23.2 Å². The van der Waals surface area contributed by atoms with Crippen molar-refractivity contribution in [3.63, 3.8) is 0 Å². The predicted octanol–water partition coefficient (Wildman–Crippen LogP) is 8.06. The fourth-order valence-corrected chi connectivity index (χ4v) is 6.93. The number of esters is 1. The van der Waals surface area contributed by atoms with Crippen LogP contribution in [0.3, 0.4) is 0 Å². The number of benzene rings is 3. The molecule has 262 valence electrons. The van der Waals surface area contributed by atoms with Gasteiger partial charge in [-0.1, -0.05) is 41.4 Å². The van der Waals surface area contributed by atoms with E-state index < -0.39 is 29.8 Å². The fourth-order valence-electron chi connectivity index (χ4n) is 6.41. The molecular formula is C37H35Cl2F2N3O6. The van der Waals surface area contributed by atoms with Gasteiger partial charge in [-0.25, -0.2) is 18.4 Å². The van der Waals surface area contributed by atoms with Crippen molar-refractivity contribution in [1.82, 2.24) is 9.88 Å². The first kappa shape index (κ1) is 35.4. The number of halogens is 4. The number of anilines is 1. The van der Waals surface area contributed by atoms with Crippen LogP contribution in [0.5, 0.6) is 11.5 Å². The summed E-state index contributed by atoms with van der Waals surface area (Å²) in [7, 11) is 3.02. The minimum Gasteiger partial charge on any atom is -0.493 e. The molecule has 13 heteroatoms. The minimum absolute atomic E-state index is 0.0921. The molecule has 1 aromatic heterocycles. The zero-order valence-electron chi connectivity index (χ0n) is 27.4. The number of rotatable bonds is 11. The Morgan fingerprint density at radius 1 is 0.940 bits per heavy atom. The summed E-state index contributed by atoms with van der Waals surface area (Å²) in [5.74, 6) is -1.12. The maximum atomic E-state index is 15.0. The van der Waals surface area contributed by atoms with Gasteiger partial charge in [-0.2, -0.15) is 0 Å². The van der Waals surface area contributed by atoms with Crippen molar-refractivity contribution in [2.75, 3.05) is 38.8 Å². The van der Waals surface area contributed by atoms with Gasteiger partial charge in [-0.3, -0.25) is 14.8 Å². The summed E-state index contributed by atoms with van der Waals surface area (Å²) in [6.07, 6.45) is 3.03. The molecule has 0 aliphatic carbocycles. The lowest BCUT2D eigenvalue weighted by Crippen LogP contribution is -2.53. The topological polar surface area (TPSA) is 90.4 Å². The molecule has 4 heterocycles. The number of piperidine rings is 3. The van der Waals surface area contributed by atoms with Gasteiger partial charge < -0.3 is 18.9 Å². The molecular weight excluding hydrogens is 691 g/mol. The van der Waals surface area contributed by atoms with Crippen LogP contribution in [0.15, 0.2) is 73.1 Å². The molecule has 3 aromatic carbocycles. The molecule has 3 aliphatic rings. The van der Waals surface area contributed by atoms with Crippen LogP contribution in [0, 0.1) is 17.6 Å². The number of amides is 1. The lowest BCUT2D eigenvalue weighted by Gasteiger charge is -2.44. The molecule has 3 fully saturated rings. The van der Waals surface area contributed by atoms with Crippen LogP contribution in [-0.4, -0.2) is 61.9 Å². The number of ether oxygens (including phenoxy) is 4. The predicted molar refractivity (Wildman–Crippen MR) is 184 cm³/mol. The second kappa shape index (κ2) is 15.6. The third-order valence-corrected chi connectivity index (χ3v) is 9.82. The van der Waals surface area contributed by atoms with E-state index in [0.29, 0.717) is 44.8 Å². The average molecular weight is 727 g/mol. The van der Waals surface area contributed by atoms with Crippen molar-refractivity contribution >= 4 is 41.0 Å². The SMILES string of the molecule is COc1ccc([C@H](Cc2c(Cl)cncc2Cl)OC(=O)c2ccc(CN(C(=O)O[C@H]3CN4CCC3CC4)c3ccc(F)cc3F)cc2)cc1OC. The van der Waals surface area contributed by atoms with Gasteiger partial charge >= 0.3 is 12.1 Å². The lowest BCUT2D eigenvalue weighted by molar-refractivity contribution is -0.0311. The molecule has 3 aliphatic heterocycles. The van der Waals surface area contributed by atoms with E-state index in [1.54, 1.807) is 42.5 Å². The molecule has 3 saturated heterocycles. The standard InChI is InChI=1S/C37H35Cl2F2N3O6/c1-47-32-10-7-25(15-34(32)48-2)33(17-27-28(38)18-42-19-29(27)39)49-36(45)24-5-3-22(4-6-24)20-44(31-9-8-26(40)16-30(31)41)37(46)50-35-21-43-13-11-23(35)12-14-43/h3-10,15-16,18-19,23,33,35H,11-14,17,20-21H2,1-2H3/t33-,35-/m0/s1. The van der Waals surface area contributed by atoms with E-state index in [1.807, 2.05) is 0 Å². The van der Waals surface area contributed by atoms with Crippen molar-refractivity contribution in [2.24, 2.45) is 5.92 Å². The number of carbonyl (C=O) groups excluding carboxylic acids is 2. The van der Waals surface area contributed by atoms with E-state index in [-0.39, 0.29) is 36.2 Å². The Kier molecular flexibility index (Phi) is 11.1. The molecule has 0 unspecified atom stereocenters. The van der Waals surface area contributed by atoms with Gasteiger partial charge in [0.2, 0.25) is 0 Å². The highest BCUT2D eigenvalue weighted by Crippen LogP contribution is 2.36. The highest BCUT2D eigenvalue weighted by atomic mass is 35.5. The van der Waals surface area contributed by atoms with Crippen molar-refractivity contribution in [3.8, 4) is 11.5 Å². The summed E-state index contributed by atoms with van der Waals surface area (Å²) >= 11 is 12.8. The Labute approximate surface area is 298 Å². The van der Waals surface area contributed by atoms with Gasteiger partial charge in [0.15, 0.2) is 11.5 Å². The Bertz CT molecular complexity index is 1840. The quantitative estimate of drug-likeness (QED) is 0.144. The molecule has 2 bridgehead atoms. The highest BCUT2D eigenvalue weighted by Gasteiger charge is 2.38. The number of carbonyl (C=O) groups is 2. The molecule has 0 spiro atoms. The largest absolute Gasteiger partial charge is 0.493 e. The van der Waals surface area contributed by atoms with E-state index >= 15 is 4.39 Å². The Balaban J connectivity index is 1.22. The summed E-state index contributed by atoms with van der Waals surface area (Å²) in [5.41, 5.74) is 1.83. The van der Waals surface area contributed by atoms with Gasteiger partial charge in [0.05, 0.1) is 42.1 Å². The molecule has 7 rings (SSSR count).